The van der Waals surface area contributed by atoms with Gasteiger partial charge in [-0.1, -0.05) is 23.7 Å². The maximum atomic E-state index is 13.2. The van der Waals surface area contributed by atoms with Gasteiger partial charge in [0.15, 0.2) is 0 Å². The first-order valence-electron chi connectivity index (χ1n) is 10.3. The number of carbonyl (C=O) groups excluding carboxylic acids is 2. The molecule has 0 bridgehead atoms. The zero-order valence-electron chi connectivity index (χ0n) is 17.5. The third-order valence-corrected chi connectivity index (χ3v) is 5.64. The van der Waals surface area contributed by atoms with Crippen molar-refractivity contribution in [3.05, 3.63) is 58.9 Å². The molecule has 1 atom stereocenters. The maximum Gasteiger partial charge on any atom is 0.319 e. The van der Waals surface area contributed by atoms with Crippen LogP contribution < -0.4 is 15.4 Å². The molecular weight excluding hydrogens is 421 g/mol. The van der Waals surface area contributed by atoms with Crippen molar-refractivity contribution in [1.29, 1.82) is 0 Å². The summed E-state index contributed by atoms with van der Waals surface area (Å²) in [5, 5.41) is 5.97. The molecule has 0 aromatic heterocycles. The average Bonchev–Trinajstić information content (AvgIpc) is 2.76. The second kappa shape index (κ2) is 11.0. The Hall–Kier alpha value is -2.80. The molecule has 2 aromatic rings. The summed E-state index contributed by atoms with van der Waals surface area (Å²) in [5.74, 6) is 0.493. The summed E-state index contributed by atoms with van der Waals surface area (Å²) < 4.78 is 18.4. The molecule has 1 aliphatic heterocycles. The van der Waals surface area contributed by atoms with Crippen molar-refractivity contribution in [3.63, 3.8) is 0 Å². The Labute approximate surface area is 186 Å². The number of benzene rings is 2. The van der Waals surface area contributed by atoms with Gasteiger partial charge in [-0.2, -0.15) is 0 Å². The molecule has 8 heteroatoms. The molecule has 166 valence electrons. The van der Waals surface area contributed by atoms with Gasteiger partial charge in [0.25, 0.3) is 0 Å². The van der Waals surface area contributed by atoms with Crippen LogP contribution in [0.4, 0.5) is 14.9 Å². The zero-order chi connectivity index (χ0) is 22.2. The molecule has 3 amide bonds. The summed E-state index contributed by atoms with van der Waals surface area (Å²) in [6.07, 6.45) is 2.86. The molecule has 0 saturated carbocycles. The molecule has 6 nitrogen and oxygen atoms in total. The molecule has 2 N–H and O–H groups in total. The predicted molar refractivity (Wildman–Crippen MR) is 119 cm³/mol. The van der Waals surface area contributed by atoms with Crippen LogP contribution in [0.5, 0.6) is 5.75 Å². The molecule has 1 saturated heterocycles. The van der Waals surface area contributed by atoms with E-state index in [1.807, 2.05) is 17.0 Å². The van der Waals surface area contributed by atoms with E-state index in [-0.39, 0.29) is 17.9 Å². The Morgan fingerprint density at radius 2 is 2.10 bits per heavy atom. The molecule has 31 heavy (non-hydrogen) atoms. The number of urea groups is 1. The third kappa shape index (κ3) is 6.85. The first-order valence-corrected chi connectivity index (χ1v) is 10.7. The number of nitrogens with one attached hydrogen (secondary N) is 2. The van der Waals surface area contributed by atoms with Crippen LogP contribution in [0.15, 0.2) is 42.5 Å². The van der Waals surface area contributed by atoms with Crippen LogP contribution in [0.25, 0.3) is 0 Å². The molecule has 0 radical (unpaired) electrons. The van der Waals surface area contributed by atoms with Gasteiger partial charge in [0.1, 0.15) is 11.6 Å². The molecule has 1 aliphatic rings. The standard InChI is InChI=1S/C23H27ClFN3O3/c1-31-21-9-7-16(12-20(21)24)8-10-22(29)28-11-3-4-17(15-28)14-26-23(30)27-19-6-2-5-18(25)13-19/h2,5-7,9,12-13,17H,3-4,8,10-11,14-15H2,1H3,(H2,26,27,30). The number of rotatable bonds is 7. The summed E-state index contributed by atoms with van der Waals surface area (Å²) in [4.78, 5) is 26.6. The first kappa shape index (κ1) is 22.9. The summed E-state index contributed by atoms with van der Waals surface area (Å²) in [6.45, 7) is 1.80. The van der Waals surface area contributed by atoms with E-state index in [2.05, 4.69) is 10.6 Å². The first-order chi connectivity index (χ1) is 14.9. The van der Waals surface area contributed by atoms with Crippen molar-refractivity contribution in [2.24, 2.45) is 5.92 Å². The number of carbonyl (C=O) groups is 2. The predicted octanol–water partition coefficient (Wildman–Crippen LogP) is 4.48. The number of amides is 3. The van der Waals surface area contributed by atoms with Crippen LogP contribution in [-0.4, -0.2) is 43.6 Å². The minimum atomic E-state index is -0.406. The van der Waals surface area contributed by atoms with E-state index in [0.717, 1.165) is 24.9 Å². The zero-order valence-corrected chi connectivity index (χ0v) is 18.3. The van der Waals surface area contributed by atoms with Crippen molar-refractivity contribution in [1.82, 2.24) is 10.2 Å². The minimum absolute atomic E-state index is 0.0980. The van der Waals surface area contributed by atoms with Crippen molar-refractivity contribution in [2.75, 3.05) is 32.1 Å². The molecule has 3 rings (SSSR count). The SMILES string of the molecule is COc1ccc(CCC(=O)N2CCCC(CNC(=O)Nc3cccc(F)c3)C2)cc1Cl. The quantitative estimate of drug-likeness (QED) is 0.657. The van der Waals surface area contributed by atoms with Crippen LogP contribution in [0.3, 0.4) is 0 Å². The van der Waals surface area contributed by atoms with Crippen molar-refractivity contribution in [2.45, 2.75) is 25.7 Å². The van der Waals surface area contributed by atoms with Crippen molar-refractivity contribution in [3.8, 4) is 5.75 Å². The summed E-state index contributed by atoms with van der Waals surface area (Å²) in [7, 11) is 1.57. The number of piperidine rings is 1. The number of hydrogen-bond acceptors (Lipinski definition) is 3. The number of ether oxygens (including phenoxy) is 1. The molecule has 1 heterocycles. The van der Waals surface area contributed by atoms with E-state index in [4.69, 9.17) is 16.3 Å². The second-order valence-corrected chi connectivity index (χ2v) is 8.07. The van der Waals surface area contributed by atoms with E-state index in [0.29, 0.717) is 42.4 Å². The van der Waals surface area contributed by atoms with E-state index in [1.165, 1.54) is 18.2 Å². The van der Waals surface area contributed by atoms with Crippen LogP contribution in [0.2, 0.25) is 5.02 Å². The van der Waals surface area contributed by atoms with Gasteiger partial charge in [0.2, 0.25) is 5.91 Å². The fourth-order valence-electron chi connectivity index (χ4n) is 3.71. The number of likely N-dealkylation sites (tertiary alicyclic amines) is 1. The normalized spacial score (nSPS) is 16.0. The van der Waals surface area contributed by atoms with E-state index in [9.17, 15) is 14.0 Å². The average molecular weight is 448 g/mol. The van der Waals surface area contributed by atoms with Crippen LogP contribution in [0, 0.1) is 11.7 Å². The van der Waals surface area contributed by atoms with E-state index < -0.39 is 5.82 Å². The number of methoxy groups -OCH3 is 1. The molecule has 1 fully saturated rings. The van der Waals surface area contributed by atoms with Gasteiger partial charge in [-0.05, 0) is 61.1 Å². The van der Waals surface area contributed by atoms with Gasteiger partial charge >= 0.3 is 6.03 Å². The third-order valence-electron chi connectivity index (χ3n) is 5.35. The highest BCUT2D eigenvalue weighted by Gasteiger charge is 2.24. The molecule has 0 spiro atoms. The van der Waals surface area contributed by atoms with Gasteiger partial charge in [0, 0.05) is 31.7 Å². The van der Waals surface area contributed by atoms with Crippen molar-refractivity contribution >= 4 is 29.2 Å². The topological polar surface area (TPSA) is 70.7 Å². The Morgan fingerprint density at radius 3 is 2.84 bits per heavy atom. The minimum Gasteiger partial charge on any atom is -0.495 e. The lowest BCUT2D eigenvalue weighted by Crippen LogP contribution is -2.44. The van der Waals surface area contributed by atoms with Crippen molar-refractivity contribution < 1.29 is 18.7 Å². The van der Waals surface area contributed by atoms with Crippen LogP contribution in [-0.2, 0) is 11.2 Å². The van der Waals surface area contributed by atoms with Gasteiger partial charge in [0.05, 0.1) is 12.1 Å². The highest BCUT2D eigenvalue weighted by molar-refractivity contribution is 6.32. The summed E-state index contributed by atoms with van der Waals surface area (Å²) >= 11 is 6.15. The van der Waals surface area contributed by atoms with Crippen LogP contribution >= 0.6 is 11.6 Å². The lowest BCUT2D eigenvalue weighted by Gasteiger charge is -2.33. The van der Waals surface area contributed by atoms with Gasteiger partial charge in [-0.25, -0.2) is 9.18 Å². The monoisotopic (exact) mass is 447 g/mol. The lowest BCUT2D eigenvalue weighted by molar-refractivity contribution is -0.132. The largest absolute Gasteiger partial charge is 0.495 e. The fourth-order valence-corrected chi connectivity index (χ4v) is 3.99. The maximum absolute atomic E-state index is 13.2. The van der Waals surface area contributed by atoms with E-state index in [1.54, 1.807) is 19.2 Å². The Morgan fingerprint density at radius 1 is 1.26 bits per heavy atom. The molecule has 2 aromatic carbocycles. The van der Waals surface area contributed by atoms with Crippen LogP contribution in [0.1, 0.15) is 24.8 Å². The number of aryl methyl sites for hydroxylation is 1. The number of halogens is 2. The fraction of sp³-hybridized carbons (Fsp3) is 0.391. The number of anilines is 1. The second-order valence-electron chi connectivity index (χ2n) is 7.66. The Bertz CT molecular complexity index is 925. The Balaban J connectivity index is 1.43. The summed E-state index contributed by atoms with van der Waals surface area (Å²) in [5.41, 5.74) is 1.39. The highest BCUT2D eigenvalue weighted by atomic mass is 35.5. The molecule has 0 aliphatic carbocycles. The summed E-state index contributed by atoms with van der Waals surface area (Å²) in [6, 6.07) is 10.9. The molecular formula is C23H27ClFN3O3. The van der Waals surface area contributed by atoms with Gasteiger partial charge in [-0.15, -0.1) is 0 Å². The Kier molecular flexibility index (Phi) is 8.12. The van der Waals surface area contributed by atoms with Gasteiger partial charge < -0.3 is 20.3 Å². The van der Waals surface area contributed by atoms with E-state index >= 15 is 0 Å². The highest BCUT2D eigenvalue weighted by Crippen LogP contribution is 2.25. The number of nitrogens with zero attached hydrogens (tertiary/aromatic N) is 1. The lowest BCUT2D eigenvalue weighted by atomic mass is 9.97. The molecule has 1 unspecified atom stereocenters. The smallest absolute Gasteiger partial charge is 0.319 e. The van der Waals surface area contributed by atoms with Gasteiger partial charge in [-0.3, -0.25) is 4.79 Å². The number of hydrogen-bond donors (Lipinski definition) is 2.